The molecule has 2 aromatic carbocycles. The van der Waals surface area contributed by atoms with Crippen molar-refractivity contribution in [3.63, 3.8) is 0 Å². The number of carbonyl (C=O) groups excluding carboxylic acids is 1. The van der Waals surface area contributed by atoms with Crippen LogP contribution in [0.2, 0.25) is 0 Å². The summed E-state index contributed by atoms with van der Waals surface area (Å²) in [5, 5.41) is 25.4. The van der Waals surface area contributed by atoms with Crippen LogP contribution in [-0.4, -0.2) is 51.4 Å². The number of non-ortho nitro benzene ring substituents is 1. The van der Waals surface area contributed by atoms with E-state index in [2.05, 4.69) is 20.8 Å². The lowest BCUT2D eigenvalue weighted by atomic mass is 10.1. The van der Waals surface area contributed by atoms with Gasteiger partial charge in [0.25, 0.3) is 5.69 Å². The van der Waals surface area contributed by atoms with E-state index < -0.39 is 10.9 Å². The number of ether oxygens (including phenoxy) is 2. The van der Waals surface area contributed by atoms with Crippen LogP contribution in [0.15, 0.2) is 48.5 Å². The van der Waals surface area contributed by atoms with Gasteiger partial charge in [-0.15, -0.1) is 5.10 Å². The highest BCUT2D eigenvalue weighted by atomic mass is 16.6. The molecule has 3 aromatic rings. The number of rotatable bonds is 9. The SMILES string of the molecule is COCCNc1ccc([N+](=O)[O-])cc1C(=O)OCc1nnnn1-c1ccccc1. The minimum Gasteiger partial charge on any atom is -0.454 e. The number of hydrogen-bond acceptors (Lipinski definition) is 9. The molecule has 3 rings (SSSR count). The number of aromatic nitrogens is 4. The molecule has 0 aliphatic rings. The van der Waals surface area contributed by atoms with Crippen LogP contribution >= 0.6 is 0 Å². The number of para-hydroxylation sites is 1. The minimum atomic E-state index is -0.740. The highest BCUT2D eigenvalue weighted by Crippen LogP contribution is 2.23. The molecular formula is C18H18N6O5. The lowest BCUT2D eigenvalue weighted by Gasteiger charge is -2.11. The maximum atomic E-state index is 12.6. The topological polar surface area (TPSA) is 134 Å². The Hall–Kier alpha value is -3.86. The van der Waals surface area contributed by atoms with Crippen molar-refractivity contribution in [2.45, 2.75) is 6.61 Å². The van der Waals surface area contributed by atoms with E-state index in [9.17, 15) is 14.9 Å². The number of benzene rings is 2. The summed E-state index contributed by atoms with van der Waals surface area (Å²) in [5.41, 5.74) is 0.929. The molecule has 1 aromatic heterocycles. The number of carbonyl (C=O) groups is 1. The first kappa shape index (κ1) is 19.9. The second-order valence-corrected chi connectivity index (χ2v) is 5.83. The molecule has 0 atom stereocenters. The number of anilines is 1. The molecule has 150 valence electrons. The van der Waals surface area contributed by atoms with E-state index in [0.717, 1.165) is 6.07 Å². The number of nitrogens with zero attached hydrogens (tertiary/aromatic N) is 5. The molecule has 11 nitrogen and oxygen atoms in total. The van der Waals surface area contributed by atoms with Crippen molar-refractivity contribution in [3.05, 3.63) is 70.0 Å². The Balaban J connectivity index is 1.77. The monoisotopic (exact) mass is 398 g/mol. The zero-order chi connectivity index (χ0) is 20.6. The van der Waals surface area contributed by atoms with E-state index in [0.29, 0.717) is 30.4 Å². The van der Waals surface area contributed by atoms with E-state index in [1.54, 1.807) is 19.2 Å². The van der Waals surface area contributed by atoms with E-state index in [1.165, 1.54) is 16.8 Å². The van der Waals surface area contributed by atoms with Gasteiger partial charge in [-0.25, -0.2) is 4.79 Å². The van der Waals surface area contributed by atoms with E-state index in [-0.39, 0.29) is 17.9 Å². The summed E-state index contributed by atoms with van der Waals surface area (Å²) in [6.07, 6.45) is 0. The Labute approximate surface area is 165 Å². The van der Waals surface area contributed by atoms with Crippen molar-refractivity contribution >= 4 is 17.3 Å². The summed E-state index contributed by atoms with van der Waals surface area (Å²) >= 11 is 0. The summed E-state index contributed by atoms with van der Waals surface area (Å²) in [5.74, 6) is -0.430. The van der Waals surface area contributed by atoms with Gasteiger partial charge in [0.15, 0.2) is 12.4 Å². The third-order valence-corrected chi connectivity index (χ3v) is 3.92. The summed E-state index contributed by atoms with van der Waals surface area (Å²) in [6, 6.07) is 13.0. The summed E-state index contributed by atoms with van der Waals surface area (Å²) in [6.45, 7) is 0.610. The van der Waals surface area contributed by atoms with Gasteiger partial charge in [-0.05, 0) is 28.6 Å². The molecule has 0 amide bonds. The maximum Gasteiger partial charge on any atom is 0.340 e. The lowest BCUT2D eigenvalue weighted by molar-refractivity contribution is -0.384. The molecule has 1 N–H and O–H groups in total. The Morgan fingerprint density at radius 3 is 2.76 bits per heavy atom. The standard InChI is InChI=1S/C18H18N6O5/c1-28-10-9-19-16-8-7-14(24(26)27)11-15(16)18(25)29-12-17-20-21-22-23(17)13-5-3-2-4-6-13/h2-8,11,19H,9-10,12H2,1H3. The van der Waals surface area contributed by atoms with Gasteiger partial charge >= 0.3 is 5.97 Å². The van der Waals surface area contributed by atoms with E-state index in [4.69, 9.17) is 9.47 Å². The fourth-order valence-corrected chi connectivity index (χ4v) is 2.53. The zero-order valence-electron chi connectivity index (χ0n) is 15.5. The number of methoxy groups -OCH3 is 1. The molecule has 0 bridgehead atoms. The average molecular weight is 398 g/mol. The predicted octanol–water partition coefficient (Wildman–Crippen LogP) is 1.99. The average Bonchev–Trinajstić information content (AvgIpc) is 3.21. The van der Waals surface area contributed by atoms with Gasteiger partial charge in [0, 0.05) is 31.5 Å². The van der Waals surface area contributed by atoms with Crippen molar-refractivity contribution in [1.29, 1.82) is 0 Å². The number of tetrazole rings is 1. The Morgan fingerprint density at radius 1 is 1.24 bits per heavy atom. The van der Waals surface area contributed by atoms with Crippen LogP contribution < -0.4 is 5.32 Å². The van der Waals surface area contributed by atoms with Crippen LogP contribution in [-0.2, 0) is 16.1 Å². The largest absolute Gasteiger partial charge is 0.454 e. The highest BCUT2D eigenvalue weighted by Gasteiger charge is 2.19. The summed E-state index contributed by atoms with van der Waals surface area (Å²) in [7, 11) is 1.55. The summed E-state index contributed by atoms with van der Waals surface area (Å²) in [4.78, 5) is 23.1. The highest BCUT2D eigenvalue weighted by molar-refractivity contribution is 5.96. The number of esters is 1. The molecule has 0 radical (unpaired) electrons. The number of nitrogens with one attached hydrogen (secondary N) is 1. The first-order chi connectivity index (χ1) is 14.1. The molecule has 0 spiro atoms. The van der Waals surface area contributed by atoms with E-state index in [1.807, 2.05) is 18.2 Å². The van der Waals surface area contributed by atoms with Gasteiger partial charge in [0.1, 0.15) is 0 Å². The molecule has 0 saturated carbocycles. The maximum absolute atomic E-state index is 12.6. The number of nitro groups is 1. The second-order valence-electron chi connectivity index (χ2n) is 5.83. The third kappa shape index (κ3) is 4.90. The molecule has 0 aliphatic heterocycles. The quantitative estimate of drug-likeness (QED) is 0.248. The normalized spacial score (nSPS) is 10.5. The van der Waals surface area contributed by atoms with Gasteiger partial charge in [-0.1, -0.05) is 18.2 Å². The Bertz CT molecular complexity index is 991. The molecule has 0 aliphatic carbocycles. The fourth-order valence-electron chi connectivity index (χ4n) is 2.53. The van der Waals surface area contributed by atoms with Crippen LogP contribution in [0, 0.1) is 10.1 Å². The van der Waals surface area contributed by atoms with Gasteiger partial charge in [-0.2, -0.15) is 4.68 Å². The van der Waals surface area contributed by atoms with E-state index >= 15 is 0 Å². The Morgan fingerprint density at radius 2 is 2.03 bits per heavy atom. The lowest BCUT2D eigenvalue weighted by Crippen LogP contribution is -2.14. The van der Waals surface area contributed by atoms with Crippen LogP contribution in [0.4, 0.5) is 11.4 Å². The Kier molecular flexibility index (Phi) is 6.43. The zero-order valence-corrected chi connectivity index (χ0v) is 15.5. The van der Waals surface area contributed by atoms with Crippen molar-refractivity contribution < 1.29 is 19.2 Å². The van der Waals surface area contributed by atoms with Gasteiger partial charge in [0.2, 0.25) is 0 Å². The molecule has 11 heteroatoms. The minimum absolute atomic E-state index is 0.0361. The molecule has 29 heavy (non-hydrogen) atoms. The second kappa shape index (κ2) is 9.37. The number of hydrogen-bond donors (Lipinski definition) is 1. The van der Waals surface area contributed by atoms with Crippen molar-refractivity contribution in [2.75, 3.05) is 25.6 Å². The molecule has 0 fully saturated rings. The number of nitro benzene ring substituents is 1. The molecule has 1 heterocycles. The van der Waals surface area contributed by atoms with Gasteiger partial charge < -0.3 is 14.8 Å². The van der Waals surface area contributed by atoms with Crippen LogP contribution in [0.25, 0.3) is 5.69 Å². The summed E-state index contributed by atoms with van der Waals surface area (Å²) < 4.78 is 11.7. The van der Waals surface area contributed by atoms with Crippen LogP contribution in [0.1, 0.15) is 16.2 Å². The smallest absolute Gasteiger partial charge is 0.340 e. The van der Waals surface area contributed by atoms with Crippen LogP contribution in [0.5, 0.6) is 0 Å². The van der Waals surface area contributed by atoms with Gasteiger partial charge in [-0.3, -0.25) is 10.1 Å². The van der Waals surface area contributed by atoms with Crippen molar-refractivity contribution in [3.8, 4) is 5.69 Å². The van der Waals surface area contributed by atoms with Gasteiger partial charge in [0.05, 0.1) is 22.8 Å². The first-order valence-electron chi connectivity index (χ1n) is 8.61. The molecule has 0 saturated heterocycles. The van der Waals surface area contributed by atoms with Crippen molar-refractivity contribution in [1.82, 2.24) is 20.2 Å². The predicted molar refractivity (Wildman–Crippen MR) is 102 cm³/mol. The molecular weight excluding hydrogens is 380 g/mol. The molecule has 0 unspecified atom stereocenters. The third-order valence-electron chi connectivity index (χ3n) is 3.92. The van der Waals surface area contributed by atoms with Crippen molar-refractivity contribution in [2.24, 2.45) is 0 Å². The fraction of sp³-hybridized carbons (Fsp3) is 0.222. The first-order valence-corrected chi connectivity index (χ1v) is 8.61. The van der Waals surface area contributed by atoms with Crippen LogP contribution in [0.3, 0.4) is 0 Å².